The van der Waals surface area contributed by atoms with Gasteiger partial charge < -0.3 is 14.9 Å². The highest BCUT2D eigenvalue weighted by Gasteiger charge is 1.99. The van der Waals surface area contributed by atoms with Crippen LogP contribution in [0.25, 0.3) is 0 Å². The van der Waals surface area contributed by atoms with E-state index < -0.39 is 6.10 Å². The molecule has 2 N–H and O–H groups in total. The maximum Gasteiger partial charge on any atom is 0.0918 e. The summed E-state index contributed by atoms with van der Waals surface area (Å²) in [6.45, 7) is -0.170. The van der Waals surface area contributed by atoms with Gasteiger partial charge in [-0.25, -0.2) is 0 Å². The van der Waals surface area contributed by atoms with E-state index in [2.05, 4.69) is 0 Å². The number of ether oxygens (including phenoxy) is 1. The number of thioether (sulfide) groups is 1. The number of hydrogen-bond acceptors (Lipinski definition) is 4. The van der Waals surface area contributed by atoms with Gasteiger partial charge in [-0.3, -0.25) is 0 Å². The molecule has 1 atom stereocenters. The lowest BCUT2D eigenvalue weighted by molar-refractivity contribution is 0.113. The first-order chi connectivity index (χ1) is 4.31. The molecule has 0 saturated carbocycles. The predicted octanol–water partition coefficient (Wildman–Crippen LogP) is -0.323. The van der Waals surface area contributed by atoms with Crippen molar-refractivity contribution < 1.29 is 14.9 Å². The van der Waals surface area contributed by atoms with Crippen LogP contribution in [0.2, 0.25) is 0 Å². The van der Waals surface area contributed by atoms with Crippen molar-refractivity contribution >= 4 is 11.8 Å². The van der Waals surface area contributed by atoms with Gasteiger partial charge in [0.1, 0.15) is 0 Å². The molecule has 0 heterocycles. The van der Waals surface area contributed by atoms with Crippen LogP contribution < -0.4 is 0 Å². The van der Waals surface area contributed by atoms with E-state index in [9.17, 15) is 0 Å². The van der Waals surface area contributed by atoms with Crippen LogP contribution in [0, 0.1) is 0 Å². The van der Waals surface area contributed by atoms with Crippen molar-refractivity contribution in [3.63, 3.8) is 0 Å². The predicted molar refractivity (Wildman–Crippen MR) is 37.4 cm³/mol. The topological polar surface area (TPSA) is 49.7 Å². The summed E-state index contributed by atoms with van der Waals surface area (Å²) in [5.74, 6) is 1.10. The SMILES string of the molecule is COCSCC(O)CO. The minimum absolute atomic E-state index is 0.170. The maximum atomic E-state index is 8.76. The zero-order chi connectivity index (χ0) is 7.11. The molecule has 0 radical (unpaired) electrons. The number of hydrogen-bond donors (Lipinski definition) is 2. The Morgan fingerprint density at radius 2 is 2.33 bits per heavy atom. The third-order valence-corrected chi connectivity index (χ3v) is 1.75. The molecule has 56 valence electrons. The summed E-state index contributed by atoms with van der Waals surface area (Å²) < 4.78 is 4.71. The average Bonchev–Trinajstić information content (AvgIpc) is 1.89. The van der Waals surface area contributed by atoms with Crippen LogP contribution in [0.5, 0.6) is 0 Å². The summed E-state index contributed by atoms with van der Waals surface area (Å²) in [7, 11) is 1.60. The quantitative estimate of drug-likeness (QED) is 0.418. The molecular weight excluding hydrogens is 140 g/mol. The van der Waals surface area contributed by atoms with Crippen LogP contribution in [-0.4, -0.2) is 41.7 Å². The van der Waals surface area contributed by atoms with E-state index in [-0.39, 0.29) is 6.61 Å². The average molecular weight is 152 g/mol. The van der Waals surface area contributed by atoms with Gasteiger partial charge in [0, 0.05) is 12.9 Å². The summed E-state index contributed by atoms with van der Waals surface area (Å²) in [4.78, 5) is 0. The van der Waals surface area contributed by atoms with E-state index in [1.54, 1.807) is 7.11 Å². The van der Waals surface area contributed by atoms with Gasteiger partial charge in [0.15, 0.2) is 0 Å². The molecule has 0 aromatic carbocycles. The minimum Gasteiger partial charge on any atom is -0.394 e. The molecule has 0 aliphatic heterocycles. The molecule has 0 rings (SSSR count). The molecule has 9 heavy (non-hydrogen) atoms. The van der Waals surface area contributed by atoms with Crippen LogP contribution in [0.15, 0.2) is 0 Å². The van der Waals surface area contributed by atoms with Crippen LogP contribution in [0.4, 0.5) is 0 Å². The van der Waals surface area contributed by atoms with Gasteiger partial charge in [0.25, 0.3) is 0 Å². The van der Waals surface area contributed by atoms with Gasteiger partial charge in [0.05, 0.1) is 18.6 Å². The molecular formula is C5H12O3S. The first-order valence-corrected chi connectivity index (χ1v) is 3.82. The normalized spacial score (nSPS) is 13.7. The Morgan fingerprint density at radius 1 is 1.67 bits per heavy atom. The molecule has 0 fully saturated rings. The van der Waals surface area contributed by atoms with Crippen molar-refractivity contribution in [1.29, 1.82) is 0 Å². The Hall–Kier alpha value is 0.230. The number of rotatable bonds is 5. The number of aliphatic hydroxyl groups excluding tert-OH is 2. The molecule has 0 bridgehead atoms. The van der Waals surface area contributed by atoms with E-state index in [0.717, 1.165) is 0 Å². The van der Waals surface area contributed by atoms with Crippen molar-refractivity contribution in [2.24, 2.45) is 0 Å². The van der Waals surface area contributed by atoms with Crippen molar-refractivity contribution in [2.75, 3.05) is 25.4 Å². The lowest BCUT2D eigenvalue weighted by Crippen LogP contribution is -2.15. The molecule has 0 spiro atoms. The number of methoxy groups -OCH3 is 1. The second kappa shape index (κ2) is 6.35. The Morgan fingerprint density at radius 3 is 2.78 bits per heavy atom. The van der Waals surface area contributed by atoms with E-state index in [1.807, 2.05) is 0 Å². The summed E-state index contributed by atoms with van der Waals surface area (Å²) in [6.07, 6.45) is -0.606. The van der Waals surface area contributed by atoms with Crippen LogP contribution in [0.3, 0.4) is 0 Å². The molecule has 0 aromatic rings. The highest BCUT2D eigenvalue weighted by Crippen LogP contribution is 2.01. The fourth-order valence-electron chi connectivity index (χ4n) is 0.320. The second-order valence-corrected chi connectivity index (χ2v) is 2.59. The molecule has 0 amide bonds. The van der Waals surface area contributed by atoms with Crippen LogP contribution in [0.1, 0.15) is 0 Å². The standard InChI is InChI=1S/C5H12O3S/c1-8-4-9-3-5(7)2-6/h5-7H,2-4H2,1H3. The maximum absolute atomic E-state index is 8.76. The summed E-state index contributed by atoms with van der Waals surface area (Å²) in [5.41, 5.74) is 0. The van der Waals surface area contributed by atoms with Gasteiger partial charge in [-0.2, -0.15) is 0 Å². The van der Waals surface area contributed by atoms with Gasteiger partial charge in [-0.15, -0.1) is 11.8 Å². The first kappa shape index (κ1) is 9.23. The van der Waals surface area contributed by atoms with Crippen molar-refractivity contribution in [3.8, 4) is 0 Å². The third-order valence-electron chi connectivity index (χ3n) is 0.722. The van der Waals surface area contributed by atoms with E-state index >= 15 is 0 Å². The van der Waals surface area contributed by atoms with Crippen molar-refractivity contribution in [1.82, 2.24) is 0 Å². The van der Waals surface area contributed by atoms with Gasteiger partial charge in [0.2, 0.25) is 0 Å². The Kier molecular flexibility index (Phi) is 6.51. The summed E-state index contributed by atoms with van der Waals surface area (Å²) in [5, 5.41) is 17.1. The molecule has 4 heteroatoms. The summed E-state index contributed by atoms with van der Waals surface area (Å²) >= 11 is 1.45. The molecule has 0 aliphatic rings. The highest BCUT2D eigenvalue weighted by atomic mass is 32.2. The fraction of sp³-hybridized carbons (Fsp3) is 1.00. The van der Waals surface area contributed by atoms with Gasteiger partial charge in [-0.05, 0) is 0 Å². The zero-order valence-electron chi connectivity index (χ0n) is 5.41. The van der Waals surface area contributed by atoms with Crippen molar-refractivity contribution in [3.05, 3.63) is 0 Å². The fourth-order valence-corrected chi connectivity index (χ4v) is 0.961. The highest BCUT2D eigenvalue weighted by molar-refractivity contribution is 7.99. The molecule has 0 aliphatic carbocycles. The first-order valence-electron chi connectivity index (χ1n) is 2.67. The monoisotopic (exact) mass is 152 g/mol. The van der Waals surface area contributed by atoms with Crippen molar-refractivity contribution in [2.45, 2.75) is 6.10 Å². The third kappa shape index (κ3) is 6.11. The Bertz CT molecular complexity index is 60.2. The zero-order valence-corrected chi connectivity index (χ0v) is 6.23. The van der Waals surface area contributed by atoms with Gasteiger partial charge in [-0.1, -0.05) is 0 Å². The Balaban J connectivity index is 2.88. The lowest BCUT2D eigenvalue weighted by atomic mass is 10.4. The molecule has 0 saturated heterocycles. The van der Waals surface area contributed by atoms with Gasteiger partial charge >= 0.3 is 0 Å². The lowest BCUT2D eigenvalue weighted by Gasteiger charge is -2.04. The van der Waals surface area contributed by atoms with E-state index in [0.29, 0.717) is 11.7 Å². The molecule has 1 unspecified atom stereocenters. The molecule has 0 aromatic heterocycles. The Labute approximate surface area is 59.0 Å². The molecule has 3 nitrogen and oxygen atoms in total. The number of aliphatic hydroxyl groups is 2. The largest absolute Gasteiger partial charge is 0.394 e. The minimum atomic E-state index is -0.606. The smallest absolute Gasteiger partial charge is 0.0918 e. The van der Waals surface area contributed by atoms with Crippen LogP contribution in [-0.2, 0) is 4.74 Å². The second-order valence-electron chi connectivity index (χ2n) is 1.61. The van der Waals surface area contributed by atoms with E-state index in [1.165, 1.54) is 11.8 Å². The van der Waals surface area contributed by atoms with E-state index in [4.69, 9.17) is 14.9 Å². The summed E-state index contributed by atoms with van der Waals surface area (Å²) in [6, 6.07) is 0. The van der Waals surface area contributed by atoms with Crippen LogP contribution >= 0.6 is 11.8 Å².